The number of amides is 2. The first-order valence-corrected chi connectivity index (χ1v) is 6.42. The summed E-state index contributed by atoms with van der Waals surface area (Å²) in [4.78, 5) is 25.7. The molecule has 98 valence electrons. The maximum absolute atomic E-state index is 12.2. The van der Waals surface area contributed by atoms with Crippen LogP contribution in [0.25, 0.3) is 0 Å². The van der Waals surface area contributed by atoms with Crippen molar-refractivity contribution in [3.63, 3.8) is 0 Å². The molecule has 1 aliphatic heterocycles. The first-order chi connectivity index (χ1) is 8.59. The Bertz CT molecular complexity index is 428. The van der Waals surface area contributed by atoms with E-state index in [2.05, 4.69) is 0 Å². The van der Waals surface area contributed by atoms with E-state index in [1.165, 1.54) is 11.3 Å². The van der Waals surface area contributed by atoms with Crippen LogP contribution in [0.4, 0.5) is 8.78 Å². The number of hydrogen-bond acceptors (Lipinski definition) is 3. The second kappa shape index (κ2) is 5.43. The Hall–Kier alpha value is -1.50. The molecular weight excluding hydrogens is 262 g/mol. The Labute approximate surface area is 107 Å². The molecule has 2 amide bonds. The van der Waals surface area contributed by atoms with Gasteiger partial charge in [0.15, 0.2) is 0 Å². The summed E-state index contributed by atoms with van der Waals surface area (Å²) in [5.74, 6) is -1.27. The summed E-state index contributed by atoms with van der Waals surface area (Å²) in [7, 11) is 0. The van der Waals surface area contributed by atoms with Crippen molar-refractivity contribution in [2.24, 2.45) is 0 Å². The number of carbonyl (C=O) groups is 2. The van der Waals surface area contributed by atoms with Crippen LogP contribution in [0.15, 0.2) is 16.8 Å². The molecule has 2 heterocycles. The predicted molar refractivity (Wildman–Crippen MR) is 62.8 cm³/mol. The Morgan fingerprint density at radius 1 is 1.17 bits per heavy atom. The van der Waals surface area contributed by atoms with Crippen molar-refractivity contribution < 1.29 is 18.4 Å². The molecule has 7 heteroatoms. The Morgan fingerprint density at radius 2 is 1.78 bits per heavy atom. The number of hydrogen-bond donors (Lipinski definition) is 0. The normalized spacial score (nSPS) is 16.2. The summed E-state index contributed by atoms with van der Waals surface area (Å²) in [6.07, 6.45) is -2.97. The third-order valence-electron chi connectivity index (χ3n) is 2.83. The average molecular weight is 274 g/mol. The van der Waals surface area contributed by atoms with Gasteiger partial charge in [-0.3, -0.25) is 9.59 Å². The first-order valence-electron chi connectivity index (χ1n) is 5.48. The van der Waals surface area contributed by atoms with Crippen molar-refractivity contribution in [3.05, 3.63) is 22.4 Å². The van der Waals surface area contributed by atoms with Gasteiger partial charge in [-0.1, -0.05) is 0 Å². The minimum atomic E-state index is -2.97. The summed E-state index contributed by atoms with van der Waals surface area (Å²) in [6, 6.07) is 1.73. The smallest absolute Gasteiger partial charge is 0.315 e. The summed E-state index contributed by atoms with van der Waals surface area (Å²) < 4.78 is 24.4. The van der Waals surface area contributed by atoms with Gasteiger partial charge in [-0.2, -0.15) is 20.1 Å². The monoisotopic (exact) mass is 274 g/mol. The second-order valence-corrected chi connectivity index (χ2v) is 4.71. The van der Waals surface area contributed by atoms with Crippen molar-refractivity contribution in [1.82, 2.24) is 9.80 Å². The van der Waals surface area contributed by atoms with E-state index in [4.69, 9.17) is 0 Å². The van der Waals surface area contributed by atoms with Gasteiger partial charge < -0.3 is 9.80 Å². The zero-order valence-electron chi connectivity index (χ0n) is 9.51. The lowest BCUT2D eigenvalue weighted by Gasteiger charge is -2.34. The Balaban J connectivity index is 1.91. The van der Waals surface area contributed by atoms with Crippen LogP contribution in [0.3, 0.4) is 0 Å². The van der Waals surface area contributed by atoms with Crippen LogP contribution in [0.1, 0.15) is 10.4 Å². The molecule has 0 unspecified atom stereocenters. The molecule has 0 aromatic carbocycles. The van der Waals surface area contributed by atoms with Crippen molar-refractivity contribution in [3.8, 4) is 0 Å². The van der Waals surface area contributed by atoms with Gasteiger partial charge in [-0.05, 0) is 11.4 Å². The van der Waals surface area contributed by atoms with Gasteiger partial charge in [0.25, 0.3) is 11.8 Å². The topological polar surface area (TPSA) is 40.6 Å². The van der Waals surface area contributed by atoms with E-state index in [9.17, 15) is 18.4 Å². The molecule has 0 bridgehead atoms. The quantitative estimate of drug-likeness (QED) is 0.815. The fraction of sp³-hybridized carbons (Fsp3) is 0.455. The third kappa shape index (κ3) is 2.66. The molecule has 1 aliphatic rings. The number of alkyl halides is 2. The second-order valence-electron chi connectivity index (χ2n) is 3.93. The van der Waals surface area contributed by atoms with E-state index in [1.54, 1.807) is 16.3 Å². The standard InChI is InChI=1S/C11H12F2N2O2S/c12-9(13)11(17)15-4-2-14(3-5-15)10(16)8-1-6-18-7-8/h1,6-7,9H,2-5H2. The molecule has 0 spiro atoms. The number of halogens is 2. The first kappa shape index (κ1) is 12.9. The largest absolute Gasteiger partial charge is 0.335 e. The summed E-state index contributed by atoms with van der Waals surface area (Å²) >= 11 is 1.43. The lowest BCUT2D eigenvalue weighted by Crippen LogP contribution is -2.51. The van der Waals surface area contributed by atoms with Gasteiger partial charge in [-0.15, -0.1) is 0 Å². The molecule has 1 aromatic rings. The molecule has 2 rings (SSSR count). The minimum Gasteiger partial charge on any atom is -0.335 e. The Morgan fingerprint density at radius 3 is 2.28 bits per heavy atom. The highest BCUT2D eigenvalue weighted by atomic mass is 32.1. The number of thiophene rings is 1. The van der Waals surface area contributed by atoms with E-state index in [0.717, 1.165) is 4.90 Å². The molecule has 1 fully saturated rings. The summed E-state index contributed by atoms with van der Waals surface area (Å²) in [6.45, 7) is 0.929. The van der Waals surface area contributed by atoms with E-state index < -0.39 is 12.3 Å². The van der Waals surface area contributed by atoms with Gasteiger partial charge in [0.1, 0.15) is 0 Å². The molecule has 0 aliphatic carbocycles. The number of piperazine rings is 1. The summed E-state index contributed by atoms with van der Waals surface area (Å²) in [5.41, 5.74) is 0.605. The van der Waals surface area contributed by atoms with Crippen LogP contribution < -0.4 is 0 Å². The summed E-state index contributed by atoms with van der Waals surface area (Å²) in [5, 5.41) is 3.56. The van der Waals surface area contributed by atoms with Gasteiger partial charge in [0.2, 0.25) is 0 Å². The zero-order valence-corrected chi connectivity index (χ0v) is 10.3. The van der Waals surface area contributed by atoms with Crippen LogP contribution in [0, 0.1) is 0 Å². The molecule has 18 heavy (non-hydrogen) atoms. The van der Waals surface area contributed by atoms with Crippen molar-refractivity contribution in [2.45, 2.75) is 6.43 Å². The van der Waals surface area contributed by atoms with Gasteiger partial charge in [-0.25, -0.2) is 0 Å². The van der Waals surface area contributed by atoms with Crippen LogP contribution in [-0.2, 0) is 4.79 Å². The van der Waals surface area contributed by atoms with Crippen molar-refractivity contribution in [2.75, 3.05) is 26.2 Å². The van der Waals surface area contributed by atoms with E-state index >= 15 is 0 Å². The number of rotatable bonds is 2. The predicted octanol–water partition coefficient (Wildman–Crippen LogP) is 1.30. The maximum atomic E-state index is 12.2. The Kier molecular flexibility index (Phi) is 3.90. The number of nitrogens with zero attached hydrogens (tertiary/aromatic N) is 2. The van der Waals surface area contributed by atoms with Crippen LogP contribution in [0.5, 0.6) is 0 Å². The van der Waals surface area contributed by atoms with Crippen LogP contribution in [0.2, 0.25) is 0 Å². The molecule has 0 radical (unpaired) electrons. The van der Waals surface area contributed by atoms with Crippen LogP contribution >= 0.6 is 11.3 Å². The highest BCUT2D eigenvalue weighted by Gasteiger charge is 2.28. The van der Waals surface area contributed by atoms with E-state index in [-0.39, 0.29) is 19.0 Å². The molecule has 1 aromatic heterocycles. The zero-order chi connectivity index (χ0) is 13.1. The molecule has 0 saturated carbocycles. The average Bonchev–Trinajstić information content (AvgIpc) is 2.91. The van der Waals surface area contributed by atoms with Gasteiger partial charge in [0.05, 0.1) is 5.56 Å². The van der Waals surface area contributed by atoms with Crippen LogP contribution in [-0.4, -0.2) is 54.2 Å². The lowest BCUT2D eigenvalue weighted by atomic mass is 10.2. The molecule has 0 atom stereocenters. The highest BCUT2D eigenvalue weighted by molar-refractivity contribution is 7.08. The van der Waals surface area contributed by atoms with Gasteiger partial charge >= 0.3 is 6.43 Å². The minimum absolute atomic E-state index is 0.111. The van der Waals surface area contributed by atoms with E-state index in [1.807, 2.05) is 5.38 Å². The van der Waals surface area contributed by atoms with Crippen molar-refractivity contribution in [1.29, 1.82) is 0 Å². The fourth-order valence-corrected chi connectivity index (χ4v) is 2.47. The molecule has 0 N–H and O–H groups in total. The molecular formula is C11H12F2N2O2S. The fourth-order valence-electron chi connectivity index (χ4n) is 1.84. The third-order valence-corrected chi connectivity index (χ3v) is 3.52. The lowest BCUT2D eigenvalue weighted by molar-refractivity contribution is -0.144. The molecule has 1 saturated heterocycles. The maximum Gasteiger partial charge on any atom is 0.315 e. The van der Waals surface area contributed by atoms with E-state index in [0.29, 0.717) is 18.7 Å². The SMILES string of the molecule is O=C(c1ccsc1)N1CCN(C(=O)C(F)F)CC1. The number of carbonyl (C=O) groups excluding carboxylic acids is 2. The molecule has 4 nitrogen and oxygen atoms in total. The van der Waals surface area contributed by atoms with Gasteiger partial charge in [0, 0.05) is 31.6 Å². The highest BCUT2D eigenvalue weighted by Crippen LogP contribution is 2.13. The van der Waals surface area contributed by atoms with Crippen molar-refractivity contribution >= 4 is 23.2 Å².